The molecule has 2 unspecified atom stereocenters. The van der Waals surface area contributed by atoms with Crippen LogP contribution in [0, 0.1) is 5.92 Å². The van der Waals surface area contributed by atoms with Gasteiger partial charge in [0, 0.05) is 19.0 Å². The van der Waals surface area contributed by atoms with Gasteiger partial charge in [0.15, 0.2) is 0 Å². The highest BCUT2D eigenvalue weighted by atomic mass is 16.1. The quantitative estimate of drug-likeness (QED) is 0.728. The molecular weight excluding hydrogens is 188 g/mol. The molecule has 0 aromatic heterocycles. The van der Waals surface area contributed by atoms with Crippen LogP contribution in [0.15, 0.2) is 0 Å². The number of hydrogen-bond acceptors (Lipinski definition) is 2. The van der Waals surface area contributed by atoms with Crippen molar-refractivity contribution in [2.45, 2.75) is 52.0 Å². The predicted molar refractivity (Wildman–Crippen MR) is 62.7 cm³/mol. The molecule has 1 heterocycles. The van der Waals surface area contributed by atoms with Gasteiger partial charge in [-0.2, -0.15) is 0 Å². The molecule has 2 atom stereocenters. The van der Waals surface area contributed by atoms with Crippen molar-refractivity contribution in [2.24, 2.45) is 5.92 Å². The Labute approximate surface area is 93.0 Å². The Balaban J connectivity index is 2.16. The molecule has 1 aliphatic rings. The molecule has 1 saturated heterocycles. The fourth-order valence-electron chi connectivity index (χ4n) is 2.17. The summed E-state index contributed by atoms with van der Waals surface area (Å²) in [6.45, 7) is 6.36. The molecule has 3 heteroatoms. The molecule has 0 aromatic rings. The monoisotopic (exact) mass is 212 g/mol. The van der Waals surface area contributed by atoms with Gasteiger partial charge in [-0.15, -0.1) is 0 Å². The molecule has 15 heavy (non-hydrogen) atoms. The number of carbonyl (C=O) groups is 1. The van der Waals surface area contributed by atoms with Gasteiger partial charge in [0.25, 0.3) is 0 Å². The summed E-state index contributed by atoms with van der Waals surface area (Å²) in [7, 11) is 0. The average Bonchev–Trinajstić information content (AvgIpc) is 2.19. The molecule has 0 radical (unpaired) electrons. The van der Waals surface area contributed by atoms with Crippen molar-refractivity contribution in [1.82, 2.24) is 10.6 Å². The smallest absolute Gasteiger partial charge is 0.220 e. The van der Waals surface area contributed by atoms with Gasteiger partial charge in [-0.05, 0) is 25.3 Å². The van der Waals surface area contributed by atoms with Crippen LogP contribution in [-0.2, 0) is 4.79 Å². The molecule has 1 amide bonds. The van der Waals surface area contributed by atoms with Gasteiger partial charge in [-0.1, -0.05) is 26.7 Å². The van der Waals surface area contributed by atoms with E-state index in [4.69, 9.17) is 0 Å². The van der Waals surface area contributed by atoms with E-state index < -0.39 is 0 Å². The van der Waals surface area contributed by atoms with Gasteiger partial charge in [-0.3, -0.25) is 4.79 Å². The first-order valence-electron chi connectivity index (χ1n) is 6.22. The van der Waals surface area contributed by atoms with Gasteiger partial charge in [0.05, 0.1) is 0 Å². The zero-order valence-corrected chi connectivity index (χ0v) is 10.0. The zero-order valence-electron chi connectivity index (χ0n) is 10.0. The van der Waals surface area contributed by atoms with E-state index in [1.807, 2.05) is 0 Å². The second-order valence-electron chi connectivity index (χ2n) is 4.71. The molecule has 0 spiro atoms. The summed E-state index contributed by atoms with van der Waals surface area (Å²) in [5.74, 6) is 0.746. The lowest BCUT2D eigenvalue weighted by atomic mass is 10.0. The average molecular weight is 212 g/mol. The lowest BCUT2D eigenvalue weighted by Crippen LogP contribution is -2.45. The second kappa shape index (κ2) is 6.83. The van der Waals surface area contributed by atoms with E-state index in [1.54, 1.807) is 0 Å². The Hall–Kier alpha value is -0.570. The molecule has 3 nitrogen and oxygen atoms in total. The summed E-state index contributed by atoms with van der Waals surface area (Å²) in [5, 5.41) is 6.41. The van der Waals surface area contributed by atoms with Crippen LogP contribution < -0.4 is 10.6 Å². The van der Waals surface area contributed by atoms with E-state index in [1.165, 1.54) is 12.8 Å². The summed E-state index contributed by atoms with van der Waals surface area (Å²) in [6.07, 6.45) is 5.30. The van der Waals surface area contributed by atoms with E-state index in [0.717, 1.165) is 25.9 Å². The molecule has 1 rings (SSSR count). The maximum Gasteiger partial charge on any atom is 0.220 e. The molecule has 88 valence electrons. The van der Waals surface area contributed by atoms with Crippen molar-refractivity contribution in [3.63, 3.8) is 0 Å². The zero-order chi connectivity index (χ0) is 11.1. The first-order valence-corrected chi connectivity index (χ1v) is 6.22. The topological polar surface area (TPSA) is 41.1 Å². The van der Waals surface area contributed by atoms with Crippen LogP contribution in [0.3, 0.4) is 0 Å². The van der Waals surface area contributed by atoms with Gasteiger partial charge < -0.3 is 10.6 Å². The Morgan fingerprint density at radius 1 is 1.60 bits per heavy atom. The van der Waals surface area contributed by atoms with E-state index in [2.05, 4.69) is 24.5 Å². The van der Waals surface area contributed by atoms with Crippen LogP contribution in [-0.4, -0.2) is 25.0 Å². The normalized spacial score (nSPS) is 23.5. The first kappa shape index (κ1) is 12.5. The van der Waals surface area contributed by atoms with E-state index in [-0.39, 0.29) is 5.91 Å². The standard InChI is InChI=1S/C12H24N2O/c1-3-5-10(2)8-12(15)14-11-6-4-7-13-9-11/h10-11,13H,3-9H2,1-2H3,(H,14,15). The van der Waals surface area contributed by atoms with Crippen molar-refractivity contribution in [3.8, 4) is 0 Å². The highest BCUT2D eigenvalue weighted by Gasteiger charge is 2.16. The molecule has 0 bridgehead atoms. The summed E-state index contributed by atoms with van der Waals surface area (Å²) in [6, 6.07) is 0.361. The third kappa shape index (κ3) is 5.17. The van der Waals surface area contributed by atoms with E-state index in [9.17, 15) is 4.79 Å². The number of carbonyl (C=O) groups excluding carboxylic acids is 1. The molecule has 0 saturated carbocycles. The highest BCUT2D eigenvalue weighted by molar-refractivity contribution is 5.76. The number of rotatable bonds is 5. The lowest BCUT2D eigenvalue weighted by molar-refractivity contribution is -0.122. The van der Waals surface area contributed by atoms with Crippen molar-refractivity contribution in [1.29, 1.82) is 0 Å². The highest BCUT2D eigenvalue weighted by Crippen LogP contribution is 2.10. The molecule has 0 aromatic carbocycles. The molecule has 1 aliphatic heterocycles. The van der Waals surface area contributed by atoms with Gasteiger partial charge in [-0.25, -0.2) is 0 Å². The molecular formula is C12H24N2O. The van der Waals surface area contributed by atoms with Crippen LogP contribution in [0.1, 0.15) is 46.0 Å². The first-order chi connectivity index (χ1) is 7.22. The van der Waals surface area contributed by atoms with Crippen molar-refractivity contribution in [3.05, 3.63) is 0 Å². The van der Waals surface area contributed by atoms with Crippen LogP contribution in [0.25, 0.3) is 0 Å². The summed E-state index contributed by atoms with van der Waals surface area (Å²) >= 11 is 0. The number of nitrogens with one attached hydrogen (secondary N) is 2. The van der Waals surface area contributed by atoms with Crippen molar-refractivity contribution in [2.75, 3.05) is 13.1 Å². The maximum atomic E-state index is 11.7. The summed E-state index contributed by atoms with van der Waals surface area (Å²) in [4.78, 5) is 11.7. The second-order valence-corrected chi connectivity index (χ2v) is 4.71. The van der Waals surface area contributed by atoms with E-state index in [0.29, 0.717) is 18.4 Å². The lowest BCUT2D eigenvalue weighted by Gasteiger charge is -2.24. The van der Waals surface area contributed by atoms with Crippen molar-refractivity contribution < 1.29 is 4.79 Å². The molecule has 0 aliphatic carbocycles. The third-order valence-corrected chi connectivity index (χ3v) is 2.98. The van der Waals surface area contributed by atoms with Crippen LogP contribution in [0.5, 0.6) is 0 Å². The summed E-state index contributed by atoms with van der Waals surface area (Å²) < 4.78 is 0. The Morgan fingerprint density at radius 3 is 3.00 bits per heavy atom. The van der Waals surface area contributed by atoms with Gasteiger partial charge in [0.2, 0.25) is 5.91 Å². The fourth-order valence-corrected chi connectivity index (χ4v) is 2.17. The Kier molecular flexibility index (Phi) is 5.69. The predicted octanol–water partition coefficient (Wildman–Crippen LogP) is 1.68. The number of piperidine rings is 1. The maximum absolute atomic E-state index is 11.7. The Bertz CT molecular complexity index is 188. The third-order valence-electron chi connectivity index (χ3n) is 2.98. The fraction of sp³-hybridized carbons (Fsp3) is 0.917. The minimum Gasteiger partial charge on any atom is -0.352 e. The van der Waals surface area contributed by atoms with E-state index >= 15 is 0 Å². The van der Waals surface area contributed by atoms with Gasteiger partial charge in [0.1, 0.15) is 0 Å². The summed E-state index contributed by atoms with van der Waals surface area (Å²) in [5.41, 5.74) is 0. The molecule has 2 N–H and O–H groups in total. The number of amides is 1. The minimum atomic E-state index is 0.227. The Morgan fingerprint density at radius 2 is 2.40 bits per heavy atom. The van der Waals surface area contributed by atoms with Crippen LogP contribution in [0.4, 0.5) is 0 Å². The van der Waals surface area contributed by atoms with Crippen LogP contribution in [0.2, 0.25) is 0 Å². The van der Waals surface area contributed by atoms with Gasteiger partial charge >= 0.3 is 0 Å². The largest absolute Gasteiger partial charge is 0.352 e. The number of hydrogen-bond donors (Lipinski definition) is 2. The SMILES string of the molecule is CCCC(C)CC(=O)NC1CCCNC1. The minimum absolute atomic E-state index is 0.227. The van der Waals surface area contributed by atoms with Crippen LogP contribution >= 0.6 is 0 Å². The van der Waals surface area contributed by atoms with Crippen molar-refractivity contribution >= 4 is 5.91 Å². The molecule has 1 fully saturated rings.